The average molecular weight is 336 g/mol. The van der Waals surface area contributed by atoms with Crippen LogP contribution in [-0.2, 0) is 0 Å². The lowest BCUT2D eigenvalue weighted by Gasteiger charge is -2.15. The van der Waals surface area contributed by atoms with Crippen molar-refractivity contribution >= 4 is 17.3 Å². The van der Waals surface area contributed by atoms with Gasteiger partial charge in [-0.1, -0.05) is 26.0 Å². The van der Waals surface area contributed by atoms with Crippen LogP contribution in [0.1, 0.15) is 42.0 Å². The molecule has 0 fully saturated rings. The molecular weight excluding hydrogens is 316 g/mol. The molecule has 2 rings (SSSR count). The second-order valence-electron chi connectivity index (χ2n) is 6.08. The highest BCUT2D eigenvalue weighted by molar-refractivity contribution is 5.90. The number of nitro groups is 1. The fourth-order valence-corrected chi connectivity index (χ4v) is 2.62. The van der Waals surface area contributed by atoms with Crippen molar-refractivity contribution in [1.29, 1.82) is 5.26 Å². The molecule has 0 aromatic heterocycles. The Morgan fingerprint density at radius 3 is 2.60 bits per heavy atom. The number of methoxy groups -OCH3 is 1. The summed E-state index contributed by atoms with van der Waals surface area (Å²) in [5.41, 5.74) is 3.79. The fourth-order valence-electron chi connectivity index (χ4n) is 2.62. The van der Waals surface area contributed by atoms with Gasteiger partial charge in [-0.25, -0.2) is 0 Å². The van der Waals surface area contributed by atoms with Crippen LogP contribution in [0.4, 0.5) is 5.69 Å². The van der Waals surface area contributed by atoms with Crippen LogP contribution in [0.5, 0.6) is 5.75 Å². The summed E-state index contributed by atoms with van der Waals surface area (Å²) < 4.78 is 5.44. The molecule has 25 heavy (non-hydrogen) atoms. The zero-order valence-corrected chi connectivity index (χ0v) is 14.7. The number of nitro benzene ring substituents is 1. The first-order valence-electron chi connectivity index (χ1n) is 7.92. The summed E-state index contributed by atoms with van der Waals surface area (Å²) in [5, 5.41) is 20.5. The SMILES string of the molecule is COc1cc(C)c(/C=C(\C#N)c2cccc([N+](=O)[O-])c2)cc1C(C)C. The first-order chi connectivity index (χ1) is 11.9. The largest absolute Gasteiger partial charge is 0.496 e. The highest BCUT2D eigenvalue weighted by Crippen LogP contribution is 2.31. The van der Waals surface area contributed by atoms with Crippen LogP contribution in [-0.4, -0.2) is 12.0 Å². The van der Waals surface area contributed by atoms with E-state index in [1.54, 1.807) is 25.3 Å². The van der Waals surface area contributed by atoms with Gasteiger partial charge in [0.25, 0.3) is 5.69 Å². The molecule has 5 heteroatoms. The van der Waals surface area contributed by atoms with E-state index in [-0.39, 0.29) is 11.6 Å². The minimum absolute atomic E-state index is 0.0343. The maximum Gasteiger partial charge on any atom is 0.270 e. The third-order valence-corrected chi connectivity index (χ3v) is 4.03. The molecule has 0 saturated carbocycles. The summed E-state index contributed by atoms with van der Waals surface area (Å²) in [6, 6.07) is 12.2. The first-order valence-corrected chi connectivity index (χ1v) is 7.92. The van der Waals surface area contributed by atoms with Gasteiger partial charge in [0.2, 0.25) is 0 Å². The van der Waals surface area contributed by atoms with Crippen LogP contribution in [0.3, 0.4) is 0 Å². The van der Waals surface area contributed by atoms with Crippen LogP contribution in [0.15, 0.2) is 36.4 Å². The maximum atomic E-state index is 11.0. The highest BCUT2D eigenvalue weighted by Gasteiger charge is 2.13. The van der Waals surface area contributed by atoms with E-state index in [1.807, 2.05) is 19.1 Å². The predicted molar refractivity (Wildman–Crippen MR) is 98.4 cm³/mol. The maximum absolute atomic E-state index is 11.0. The van der Waals surface area contributed by atoms with E-state index in [0.717, 1.165) is 22.4 Å². The van der Waals surface area contributed by atoms with Crippen LogP contribution < -0.4 is 4.74 Å². The topological polar surface area (TPSA) is 76.2 Å². The molecule has 0 unspecified atom stereocenters. The molecule has 0 aliphatic heterocycles. The lowest BCUT2D eigenvalue weighted by Crippen LogP contribution is -1.97. The Morgan fingerprint density at radius 1 is 1.32 bits per heavy atom. The van der Waals surface area contributed by atoms with E-state index >= 15 is 0 Å². The smallest absolute Gasteiger partial charge is 0.270 e. The quantitative estimate of drug-likeness (QED) is 0.329. The van der Waals surface area contributed by atoms with E-state index in [1.165, 1.54) is 12.1 Å². The summed E-state index contributed by atoms with van der Waals surface area (Å²) in [6.07, 6.45) is 1.76. The molecule has 128 valence electrons. The third-order valence-electron chi connectivity index (χ3n) is 4.03. The second kappa shape index (κ2) is 7.63. The van der Waals surface area contributed by atoms with E-state index in [4.69, 9.17) is 4.74 Å². The Kier molecular flexibility index (Phi) is 5.56. The normalized spacial score (nSPS) is 11.3. The summed E-state index contributed by atoms with van der Waals surface area (Å²) >= 11 is 0. The Morgan fingerprint density at radius 2 is 2.04 bits per heavy atom. The van der Waals surface area contributed by atoms with Crippen molar-refractivity contribution in [3.8, 4) is 11.8 Å². The molecule has 2 aromatic carbocycles. The number of hydrogen-bond donors (Lipinski definition) is 0. The Balaban J connectivity index is 2.57. The average Bonchev–Trinajstić information content (AvgIpc) is 2.60. The first kappa shape index (κ1) is 18.2. The molecule has 0 heterocycles. The molecule has 0 aliphatic carbocycles. The van der Waals surface area contributed by atoms with Gasteiger partial charge < -0.3 is 4.74 Å². The second-order valence-corrected chi connectivity index (χ2v) is 6.08. The van der Waals surface area contributed by atoms with E-state index in [2.05, 4.69) is 19.9 Å². The van der Waals surface area contributed by atoms with Crippen LogP contribution >= 0.6 is 0 Å². The van der Waals surface area contributed by atoms with Gasteiger partial charge in [-0.05, 0) is 53.3 Å². The number of rotatable bonds is 5. The molecule has 5 nitrogen and oxygen atoms in total. The van der Waals surface area contributed by atoms with Crippen molar-refractivity contribution in [1.82, 2.24) is 0 Å². The van der Waals surface area contributed by atoms with Crippen LogP contribution in [0.25, 0.3) is 11.6 Å². The number of nitrogens with zero attached hydrogens (tertiary/aromatic N) is 2. The van der Waals surface area contributed by atoms with Gasteiger partial charge in [-0.2, -0.15) is 5.26 Å². The van der Waals surface area contributed by atoms with Crippen molar-refractivity contribution in [3.63, 3.8) is 0 Å². The van der Waals surface area contributed by atoms with E-state index in [0.29, 0.717) is 11.1 Å². The summed E-state index contributed by atoms with van der Waals surface area (Å²) in [7, 11) is 1.64. The number of ether oxygens (including phenoxy) is 1. The minimum Gasteiger partial charge on any atom is -0.496 e. The van der Waals surface area contributed by atoms with Gasteiger partial charge in [0.05, 0.1) is 23.7 Å². The van der Waals surface area contributed by atoms with E-state index in [9.17, 15) is 15.4 Å². The predicted octanol–water partition coefficient (Wildman–Crippen LogP) is 5.10. The van der Waals surface area contributed by atoms with Gasteiger partial charge in [-0.15, -0.1) is 0 Å². The van der Waals surface area contributed by atoms with Gasteiger partial charge in [0, 0.05) is 12.1 Å². The number of nitriles is 1. The molecule has 0 spiro atoms. The van der Waals surface area contributed by atoms with Gasteiger partial charge >= 0.3 is 0 Å². The molecule has 0 amide bonds. The van der Waals surface area contributed by atoms with Crippen molar-refractivity contribution in [2.75, 3.05) is 7.11 Å². The Hall–Kier alpha value is -3.13. The summed E-state index contributed by atoms with van der Waals surface area (Å²) in [5.74, 6) is 1.09. The standard InChI is InChI=1S/C20H20N2O3/c1-13(2)19-11-16(14(3)8-20(19)25-4)9-17(12-21)15-6-5-7-18(10-15)22(23)24/h5-11,13H,1-4H3/b17-9+. The van der Waals surface area contributed by atoms with Crippen molar-refractivity contribution in [3.05, 3.63) is 68.8 Å². The number of non-ortho nitro benzene ring substituents is 1. The molecule has 0 bridgehead atoms. The summed E-state index contributed by atoms with van der Waals surface area (Å²) in [4.78, 5) is 10.5. The number of allylic oxidation sites excluding steroid dienone is 1. The van der Waals surface area contributed by atoms with Gasteiger partial charge in [0.15, 0.2) is 0 Å². The molecule has 0 radical (unpaired) electrons. The van der Waals surface area contributed by atoms with Crippen molar-refractivity contribution in [2.45, 2.75) is 26.7 Å². The lowest BCUT2D eigenvalue weighted by atomic mass is 9.94. The number of hydrogen-bond acceptors (Lipinski definition) is 4. The third kappa shape index (κ3) is 4.04. The van der Waals surface area contributed by atoms with Crippen LogP contribution in [0, 0.1) is 28.4 Å². The Bertz CT molecular complexity index is 877. The van der Waals surface area contributed by atoms with Crippen LogP contribution in [0.2, 0.25) is 0 Å². The van der Waals surface area contributed by atoms with Crippen molar-refractivity contribution in [2.24, 2.45) is 0 Å². The zero-order chi connectivity index (χ0) is 18.6. The van der Waals surface area contributed by atoms with Gasteiger partial charge in [-0.3, -0.25) is 10.1 Å². The fraction of sp³-hybridized carbons (Fsp3) is 0.250. The molecule has 0 N–H and O–H groups in total. The minimum atomic E-state index is -0.464. The van der Waals surface area contributed by atoms with Gasteiger partial charge in [0.1, 0.15) is 5.75 Å². The molecule has 0 atom stereocenters. The molecule has 2 aromatic rings. The molecular formula is C20H20N2O3. The highest BCUT2D eigenvalue weighted by atomic mass is 16.6. The monoisotopic (exact) mass is 336 g/mol. The molecule has 0 aliphatic rings. The number of benzene rings is 2. The molecule has 0 saturated heterocycles. The number of aryl methyl sites for hydroxylation is 1. The zero-order valence-electron chi connectivity index (χ0n) is 14.7. The lowest BCUT2D eigenvalue weighted by molar-refractivity contribution is -0.384. The summed E-state index contributed by atoms with van der Waals surface area (Å²) in [6.45, 7) is 6.10. The Labute approximate surface area is 147 Å². The van der Waals surface area contributed by atoms with Crippen molar-refractivity contribution < 1.29 is 9.66 Å². The van der Waals surface area contributed by atoms with E-state index < -0.39 is 4.92 Å².